The zero-order chi connectivity index (χ0) is 13.0. The third-order valence-electron chi connectivity index (χ3n) is 2.39. The average Bonchev–Trinajstić information content (AvgIpc) is 2.88. The summed E-state index contributed by atoms with van der Waals surface area (Å²) < 4.78 is 5.13. The molecule has 0 unspecified atom stereocenters. The van der Waals surface area contributed by atoms with Crippen molar-refractivity contribution < 1.29 is 9.53 Å². The Labute approximate surface area is 109 Å². The molecule has 1 aromatic heterocycles. The van der Waals surface area contributed by atoms with E-state index in [0.717, 1.165) is 5.01 Å². The number of aromatic nitrogens is 1. The first-order valence-corrected chi connectivity index (χ1v) is 6.19. The summed E-state index contributed by atoms with van der Waals surface area (Å²) in [5.41, 5.74) is 6.55. The van der Waals surface area contributed by atoms with Crippen molar-refractivity contribution in [2.24, 2.45) is 0 Å². The van der Waals surface area contributed by atoms with Crippen molar-refractivity contribution >= 4 is 22.9 Å². The van der Waals surface area contributed by atoms with Gasteiger partial charge >= 0.3 is 0 Å². The predicted octanol–water partition coefficient (Wildman–Crippen LogP) is 1.66. The summed E-state index contributed by atoms with van der Waals surface area (Å²) in [6.07, 6.45) is 1.70. The van der Waals surface area contributed by atoms with Crippen LogP contribution in [0.4, 0.5) is 5.69 Å². The zero-order valence-corrected chi connectivity index (χ0v) is 10.7. The van der Waals surface area contributed by atoms with Crippen LogP contribution in [-0.4, -0.2) is 18.0 Å². The Kier molecular flexibility index (Phi) is 3.78. The number of anilines is 1. The number of thiazole rings is 1. The third-order valence-corrected chi connectivity index (χ3v) is 3.17. The number of nitrogen functional groups attached to an aromatic ring is 1. The number of nitrogens with one attached hydrogen (secondary N) is 1. The van der Waals surface area contributed by atoms with Crippen molar-refractivity contribution in [2.75, 3.05) is 12.8 Å². The lowest BCUT2D eigenvalue weighted by molar-refractivity contribution is 0.0949. The second-order valence-corrected chi connectivity index (χ2v) is 4.51. The fraction of sp³-hybridized carbons (Fsp3) is 0.167. The molecule has 0 saturated carbocycles. The maximum absolute atomic E-state index is 12.0. The van der Waals surface area contributed by atoms with E-state index in [1.54, 1.807) is 24.4 Å². The van der Waals surface area contributed by atoms with Crippen LogP contribution in [0, 0.1) is 0 Å². The van der Waals surface area contributed by atoms with Crippen LogP contribution in [0.3, 0.4) is 0 Å². The number of hydrogen-bond donors (Lipinski definition) is 2. The van der Waals surface area contributed by atoms with Gasteiger partial charge in [-0.3, -0.25) is 4.79 Å². The Morgan fingerprint density at radius 1 is 1.56 bits per heavy atom. The Bertz CT molecular complexity index is 540. The minimum absolute atomic E-state index is 0.264. The minimum atomic E-state index is -0.264. The van der Waals surface area contributed by atoms with Gasteiger partial charge < -0.3 is 15.8 Å². The highest BCUT2D eigenvalue weighted by Crippen LogP contribution is 2.23. The Balaban J connectivity index is 2.13. The van der Waals surface area contributed by atoms with Crippen LogP contribution in [0.5, 0.6) is 5.75 Å². The van der Waals surface area contributed by atoms with E-state index in [1.807, 2.05) is 5.38 Å². The molecule has 0 saturated heterocycles. The van der Waals surface area contributed by atoms with Crippen molar-refractivity contribution in [1.29, 1.82) is 0 Å². The second kappa shape index (κ2) is 5.50. The Morgan fingerprint density at radius 3 is 3.06 bits per heavy atom. The van der Waals surface area contributed by atoms with E-state index in [-0.39, 0.29) is 5.91 Å². The molecule has 0 aliphatic heterocycles. The van der Waals surface area contributed by atoms with Crippen LogP contribution in [0.1, 0.15) is 15.4 Å². The van der Waals surface area contributed by atoms with Crippen LogP contribution in [0.25, 0.3) is 0 Å². The summed E-state index contributed by atoms with van der Waals surface area (Å²) in [4.78, 5) is 16.1. The molecule has 1 heterocycles. The molecule has 0 fully saturated rings. The molecule has 0 aliphatic rings. The molecule has 0 radical (unpaired) electrons. The fourth-order valence-corrected chi connectivity index (χ4v) is 2.10. The Hall–Kier alpha value is -2.08. The topological polar surface area (TPSA) is 77.2 Å². The summed E-state index contributed by atoms with van der Waals surface area (Å²) in [5, 5.41) is 5.47. The summed E-state index contributed by atoms with van der Waals surface area (Å²) in [7, 11) is 1.51. The summed E-state index contributed by atoms with van der Waals surface area (Å²) >= 11 is 1.49. The van der Waals surface area contributed by atoms with E-state index in [1.165, 1.54) is 18.4 Å². The van der Waals surface area contributed by atoms with E-state index < -0.39 is 0 Å². The number of benzene rings is 1. The maximum Gasteiger partial charge on any atom is 0.257 e. The fourth-order valence-electron chi connectivity index (χ4n) is 1.55. The highest BCUT2D eigenvalue weighted by Gasteiger charge is 2.15. The van der Waals surface area contributed by atoms with Gasteiger partial charge in [0.05, 0.1) is 13.7 Å². The molecule has 0 atom stereocenters. The van der Waals surface area contributed by atoms with Crippen molar-refractivity contribution in [3.63, 3.8) is 0 Å². The monoisotopic (exact) mass is 263 g/mol. The van der Waals surface area contributed by atoms with Gasteiger partial charge in [-0.15, -0.1) is 11.3 Å². The smallest absolute Gasteiger partial charge is 0.257 e. The highest BCUT2D eigenvalue weighted by molar-refractivity contribution is 7.09. The number of hydrogen-bond acceptors (Lipinski definition) is 5. The van der Waals surface area contributed by atoms with Crippen LogP contribution in [0.15, 0.2) is 29.8 Å². The molecule has 94 valence electrons. The molecule has 1 amide bonds. The van der Waals surface area contributed by atoms with Gasteiger partial charge in [0.25, 0.3) is 5.91 Å². The summed E-state index contributed by atoms with van der Waals surface area (Å²) in [5.74, 6) is 0.201. The molecular weight excluding hydrogens is 250 g/mol. The van der Waals surface area contributed by atoms with Gasteiger partial charge in [-0.2, -0.15) is 0 Å². The highest BCUT2D eigenvalue weighted by atomic mass is 32.1. The van der Waals surface area contributed by atoms with Gasteiger partial charge in [-0.25, -0.2) is 4.98 Å². The largest absolute Gasteiger partial charge is 0.496 e. The predicted molar refractivity (Wildman–Crippen MR) is 70.7 cm³/mol. The summed E-state index contributed by atoms with van der Waals surface area (Å²) in [6, 6.07) is 5.11. The van der Waals surface area contributed by atoms with E-state index in [9.17, 15) is 4.79 Å². The number of nitrogens with zero attached hydrogens (tertiary/aromatic N) is 1. The number of methoxy groups -OCH3 is 1. The van der Waals surface area contributed by atoms with Gasteiger partial charge in [-0.1, -0.05) is 6.07 Å². The van der Waals surface area contributed by atoms with E-state index in [0.29, 0.717) is 23.5 Å². The second-order valence-electron chi connectivity index (χ2n) is 3.53. The van der Waals surface area contributed by atoms with E-state index in [2.05, 4.69) is 10.3 Å². The number of nitrogens with two attached hydrogens (primary N) is 1. The van der Waals surface area contributed by atoms with E-state index in [4.69, 9.17) is 10.5 Å². The normalized spacial score (nSPS) is 10.1. The SMILES string of the molecule is COc1cccc(N)c1C(=O)NCc1nccs1. The lowest BCUT2D eigenvalue weighted by Crippen LogP contribution is -2.24. The molecule has 5 nitrogen and oxygen atoms in total. The average molecular weight is 263 g/mol. The number of carbonyl (C=O) groups excluding carboxylic acids is 1. The minimum Gasteiger partial charge on any atom is -0.496 e. The molecule has 2 rings (SSSR count). The van der Waals surface area contributed by atoms with Crippen molar-refractivity contribution in [2.45, 2.75) is 6.54 Å². The van der Waals surface area contributed by atoms with Crippen LogP contribution in [-0.2, 0) is 6.54 Å². The Morgan fingerprint density at radius 2 is 2.39 bits per heavy atom. The molecule has 18 heavy (non-hydrogen) atoms. The lowest BCUT2D eigenvalue weighted by atomic mass is 10.1. The molecule has 0 bridgehead atoms. The molecule has 2 aromatic rings. The summed E-state index contributed by atoms with van der Waals surface area (Å²) in [6.45, 7) is 0.383. The number of amides is 1. The zero-order valence-electron chi connectivity index (χ0n) is 9.84. The van der Waals surface area contributed by atoms with Gasteiger partial charge in [-0.05, 0) is 12.1 Å². The quantitative estimate of drug-likeness (QED) is 0.822. The molecule has 6 heteroatoms. The van der Waals surface area contributed by atoms with Crippen LogP contribution < -0.4 is 15.8 Å². The van der Waals surface area contributed by atoms with Crippen molar-refractivity contribution in [3.05, 3.63) is 40.3 Å². The van der Waals surface area contributed by atoms with Crippen LogP contribution in [0.2, 0.25) is 0 Å². The first kappa shape index (κ1) is 12.4. The lowest BCUT2D eigenvalue weighted by Gasteiger charge is -2.10. The molecule has 3 N–H and O–H groups in total. The first-order chi connectivity index (χ1) is 8.72. The molecule has 1 aromatic carbocycles. The maximum atomic E-state index is 12.0. The first-order valence-electron chi connectivity index (χ1n) is 5.31. The van der Waals surface area contributed by atoms with Gasteiger partial charge in [0.15, 0.2) is 0 Å². The molecular formula is C12H13N3O2S. The molecule has 0 spiro atoms. The van der Waals surface area contributed by atoms with Gasteiger partial charge in [0.1, 0.15) is 16.3 Å². The standard InChI is InChI=1S/C12H13N3O2S/c1-17-9-4-2-3-8(13)11(9)12(16)15-7-10-14-5-6-18-10/h2-6H,7,13H2,1H3,(H,15,16). The van der Waals surface area contributed by atoms with Crippen molar-refractivity contribution in [3.8, 4) is 5.75 Å². The third kappa shape index (κ3) is 2.60. The van der Waals surface area contributed by atoms with Crippen molar-refractivity contribution in [1.82, 2.24) is 10.3 Å². The number of carbonyl (C=O) groups is 1. The van der Waals surface area contributed by atoms with E-state index >= 15 is 0 Å². The molecule has 0 aliphatic carbocycles. The number of rotatable bonds is 4. The number of ether oxygens (including phenoxy) is 1. The van der Waals surface area contributed by atoms with Gasteiger partial charge in [0.2, 0.25) is 0 Å². The van der Waals surface area contributed by atoms with Gasteiger partial charge in [0, 0.05) is 17.3 Å². The van der Waals surface area contributed by atoms with Crippen LogP contribution >= 0.6 is 11.3 Å².